The summed E-state index contributed by atoms with van der Waals surface area (Å²) in [6.07, 6.45) is 2.57. The van der Waals surface area contributed by atoms with Crippen molar-refractivity contribution in [2.75, 3.05) is 12.4 Å². The van der Waals surface area contributed by atoms with Crippen molar-refractivity contribution in [3.05, 3.63) is 11.1 Å². The summed E-state index contributed by atoms with van der Waals surface area (Å²) in [4.78, 5) is 27.4. The van der Waals surface area contributed by atoms with Crippen molar-refractivity contribution in [3.8, 4) is 0 Å². The molecule has 1 N–H and O–H groups in total. The number of anilines is 1. The maximum absolute atomic E-state index is 12.0. The summed E-state index contributed by atoms with van der Waals surface area (Å²) >= 11 is 1.41. The van der Waals surface area contributed by atoms with Gasteiger partial charge < -0.3 is 10.1 Å². The van der Waals surface area contributed by atoms with Gasteiger partial charge in [0.1, 0.15) is 0 Å². The van der Waals surface area contributed by atoms with Gasteiger partial charge in [-0.25, -0.2) is 4.98 Å². The third kappa shape index (κ3) is 4.92. The van der Waals surface area contributed by atoms with Crippen LogP contribution in [0.25, 0.3) is 0 Å². The van der Waals surface area contributed by atoms with Gasteiger partial charge in [0, 0.05) is 17.2 Å². The number of methoxy groups -OCH3 is 1. The molecule has 20 heavy (non-hydrogen) atoms. The molecule has 0 saturated heterocycles. The molecule has 0 radical (unpaired) electrons. The van der Waals surface area contributed by atoms with Gasteiger partial charge >= 0.3 is 5.97 Å². The van der Waals surface area contributed by atoms with Crippen LogP contribution in [0.2, 0.25) is 0 Å². The average molecular weight is 298 g/mol. The van der Waals surface area contributed by atoms with E-state index in [9.17, 15) is 9.59 Å². The number of carbonyl (C=O) groups is 2. The van der Waals surface area contributed by atoms with Crippen LogP contribution in [-0.2, 0) is 20.7 Å². The molecule has 5 nitrogen and oxygen atoms in total. The molecule has 1 rings (SSSR count). The number of aryl methyl sites for hydroxylation is 1. The highest BCUT2D eigenvalue weighted by atomic mass is 32.1. The quantitative estimate of drug-likeness (QED) is 0.786. The van der Waals surface area contributed by atoms with Gasteiger partial charge in [-0.1, -0.05) is 20.8 Å². The van der Waals surface area contributed by atoms with Crippen molar-refractivity contribution in [2.45, 2.75) is 46.5 Å². The van der Waals surface area contributed by atoms with Crippen molar-refractivity contribution in [1.29, 1.82) is 0 Å². The fraction of sp³-hybridized carbons (Fsp3) is 0.643. The number of rotatable bonds is 7. The third-order valence-electron chi connectivity index (χ3n) is 3.31. The Hall–Kier alpha value is -1.43. The predicted octanol–water partition coefficient (Wildman–Crippen LogP) is 3.01. The first-order valence-corrected chi connectivity index (χ1v) is 7.59. The molecular formula is C14H22N2O3S. The molecule has 0 aliphatic carbocycles. The minimum Gasteiger partial charge on any atom is -0.469 e. The van der Waals surface area contributed by atoms with E-state index < -0.39 is 5.41 Å². The maximum Gasteiger partial charge on any atom is 0.305 e. The number of thiazole rings is 1. The summed E-state index contributed by atoms with van der Waals surface area (Å²) < 4.78 is 4.58. The van der Waals surface area contributed by atoms with Crippen molar-refractivity contribution in [2.24, 2.45) is 5.41 Å². The van der Waals surface area contributed by atoms with Crippen LogP contribution in [0.15, 0.2) is 5.38 Å². The monoisotopic (exact) mass is 298 g/mol. The molecule has 1 aromatic rings. The van der Waals surface area contributed by atoms with Crippen molar-refractivity contribution < 1.29 is 14.3 Å². The van der Waals surface area contributed by atoms with Gasteiger partial charge in [-0.05, 0) is 19.3 Å². The smallest absolute Gasteiger partial charge is 0.305 e. The van der Waals surface area contributed by atoms with Crippen molar-refractivity contribution in [3.63, 3.8) is 0 Å². The van der Waals surface area contributed by atoms with Crippen LogP contribution in [-0.4, -0.2) is 24.0 Å². The number of nitrogens with zero attached hydrogens (tertiary/aromatic N) is 1. The number of carbonyl (C=O) groups excluding carboxylic acids is 2. The summed E-state index contributed by atoms with van der Waals surface area (Å²) in [5.74, 6) is -0.228. The number of ether oxygens (including phenoxy) is 1. The van der Waals surface area contributed by atoms with E-state index in [1.54, 1.807) is 0 Å². The van der Waals surface area contributed by atoms with E-state index in [0.29, 0.717) is 24.4 Å². The van der Waals surface area contributed by atoms with Crippen LogP contribution in [0.3, 0.4) is 0 Å². The zero-order valence-corrected chi connectivity index (χ0v) is 13.3. The molecule has 1 aromatic heterocycles. The Morgan fingerprint density at radius 3 is 2.75 bits per heavy atom. The second-order valence-corrected chi connectivity index (χ2v) is 6.12. The minimum absolute atomic E-state index is 0.0181. The number of hydrogen-bond donors (Lipinski definition) is 1. The lowest BCUT2D eigenvalue weighted by atomic mass is 9.89. The van der Waals surface area contributed by atoms with E-state index in [2.05, 4.69) is 15.0 Å². The Bertz CT molecular complexity index is 469. The molecule has 0 aromatic carbocycles. The number of nitrogens with one attached hydrogen (secondary N) is 1. The summed E-state index contributed by atoms with van der Waals surface area (Å²) in [6, 6.07) is 0. The first-order valence-electron chi connectivity index (χ1n) is 6.71. The number of hydrogen-bond acceptors (Lipinski definition) is 5. The highest BCUT2D eigenvalue weighted by molar-refractivity contribution is 7.13. The van der Waals surface area contributed by atoms with E-state index in [4.69, 9.17) is 0 Å². The highest BCUT2D eigenvalue weighted by Crippen LogP contribution is 2.24. The molecular weight excluding hydrogens is 276 g/mol. The standard InChI is InChI=1S/C14H22N2O3S/c1-5-14(2,3)12(18)16-13-15-10(9-20-13)7-6-8-11(17)19-4/h9H,5-8H2,1-4H3,(H,15,16,18). The van der Waals surface area contributed by atoms with E-state index in [0.717, 1.165) is 12.1 Å². The molecule has 0 aliphatic heterocycles. The second kappa shape index (κ2) is 7.38. The van der Waals surface area contributed by atoms with E-state index >= 15 is 0 Å². The van der Waals surface area contributed by atoms with Crippen LogP contribution in [0.4, 0.5) is 5.13 Å². The minimum atomic E-state index is -0.392. The first-order chi connectivity index (χ1) is 9.39. The van der Waals surface area contributed by atoms with Crippen LogP contribution < -0.4 is 5.32 Å². The molecule has 0 bridgehead atoms. The van der Waals surface area contributed by atoms with E-state index in [-0.39, 0.29) is 11.9 Å². The Kier molecular flexibility index (Phi) is 6.13. The molecule has 0 spiro atoms. The van der Waals surface area contributed by atoms with Gasteiger partial charge in [0.25, 0.3) is 0 Å². The third-order valence-corrected chi connectivity index (χ3v) is 4.12. The van der Waals surface area contributed by atoms with Gasteiger partial charge in [-0.15, -0.1) is 11.3 Å². The zero-order chi connectivity index (χ0) is 15.2. The molecule has 6 heteroatoms. The molecule has 1 heterocycles. The SMILES string of the molecule is CCC(C)(C)C(=O)Nc1nc(CCCC(=O)OC)cs1. The molecule has 0 aliphatic rings. The van der Waals surface area contributed by atoms with E-state index in [1.165, 1.54) is 18.4 Å². The fourth-order valence-corrected chi connectivity index (χ4v) is 2.16. The molecule has 0 saturated carbocycles. The van der Waals surface area contributed by atoms with Gasteiger partial charge in [-0.3, -0.25) is 9.59 Å². The van der Waals surface area contributed by atoms with Gasteiger partial charge in [0.2, 0.25) is 5.91 Å². The lowest BCUT2D eigenvalue weighted by molar-refractivity contribution is -0.140. The summed E-state index contributed by atoms with van der Waals surface area (Å²) in [5, 5.41) is 5.36. The predicted molar refractivity (Wildman–Crippen MR) is 79.8 cm³/mol. The Morgan fingerprint density at radius 1 is 1.45 bits per heavy atom. The molecule has 112 valence electrons. The molecule has 0 atom stereocenters. The van der Waals surface area contributed by atoms with Gasteiger partial charge in [-0.2, -0.15) is 0 Å². The molecule has 0 fully saturated rings. The lowest BCUT2D eigenvalue weighted by Crippen LogP contribution is -2.29. The summed E-state index contributed by atoms with van der Waals surface area (Å²) in [7, 11) is 1.38. The summed E-state index contributed by atoms with van der Waals surface area (Å²) in [6.45, 7) is 5.81. The van der Waals surface area contributed by atoms with Gasteiger partial charge in [0.15, 0.2) is 5.13 Å². The van der Waals surface area contributed by atoms with Crippen LogP contribution >= 0.6 is 11.3 Å². The van der Waals surface area contributed by atoms with Crippen molar-refractivity contribution >= 4 is 28.3 Å². The van der Waals surface area contributed by atoms with Crippen molar-refractivity contribution in [1.82, 2.24) is 4.98 Å². The zero-order valence-electron chi connectivity index (χ0n) is 12.5. The second-order valence-electron chi connectivity index (χ2n) is 5.27. The Balaban J connectivity index is 2.47. The van der Waals surface area contributed by atoms with Gasteiger partial charge in [0.05, 0.1) is 12.8 Å². The number of amides is 1. The Morgan fingerprint density at radius 2 is 2.15 bits per heavy atom. The maximum atomic E-state index is 12.0. The first kappa shape index (κ1) is 16.6. The topological polar surface area (TPSA) is 68.3 Å². The molecule has 1 amide bonds. The average Bonchev–Trinajstić information content (AvgIpc) is 2.86. The van der Waals surface area contributed by atoms with E-state index in [1.807, 2.05) is 26.2 Å². The summed E-state index contributed by atoms with van der Waals surface area (Å²) in [5.41, 5.74) is 0.500. The lowest BCUT2D eigenvalue weighted by Gasteiger charge is -2.20. The number of aromatic nitrogens is 1. The van der Waals surface area contributed by atoms with Crippen LogP contribution in [0.1, 0.15) is 45.7 Å². The fourth-order valence-electron chi connectivity index (χ4n) is 1.42. The van der Waals surface area contributed by atoms with Crippen LogP contribution in [0, 0.1) is 5.41 Å². The molecule has 0 unspecified atom stereocenters. The van der Waals surface area contributed by atoms with Crippen LogP contribution in [0.5, 0.6) is 0 Å². The highest BCUT2D eigenvalue weighted by Gasteiger charge is 2.25. The normalized spacial score (nSPS) is 11.2. The number of esters is 1. The largest absolute Gasteiger partial charge is 0.469 e. The Labute approximate surface area is 123 Å².